The maximum Gasteiger partial charge on any atom is 0.490 e. The van der Waals surface area contributed by atoms with Crippen LogP contribution in [-0.4, -0.2) is 114 Å². The van der Waals surface area contributed by atoms with Gasteiger partial charge in [0.2, 0.25) is 0 Å². The molecular formula is C27H39F5N8O3. The van der Waals surface area contributed by atoms with Crippen LogP contribution in [0.1, 0.15) is 49.2 Å². The summed E-state index contributed by atoms with van der Waals surface area (Å²) in [5.74, 6) is -1.53. The molecule has 0 saturated carbocycles. The highest BCUT2D eigenvalue weighted by Gasteiger charge is 2.41. The number of carbonyl (C=O) groups is 1. The van der Waals surface area contributed by atoms with Crippen LogP contribution in [0.2, 0.25) is 0 Å². The molecule has 2 aromatic rings. The Morgan fingerprint density at radius 3 is 2.33 bits per heavy atom. The molecule has 2 N–H and O–H groups in total. The van der Waals surface area contributed by atoms with Crippen molar-refractivity contribution in [2.24, 2.45) is 0 Å². The second-order valence-corrected chi connectivity index (χ2v) is 11.0. The fourth-order valence-corrected chi connectivity index (χ4v) is 5.93. The molecule has 0 radical (unpaired) electrons. The molecule has 0 spiro atoms. The Bertz CT molecular complexity index is 1220. The number of nitrogens with zero attached hydrogens (tertiary/aromatic N) is 7. The fraction of sp³-hybridized carbons (Fsp3) is 0.704. The Hall–Kier alpha value is -3.11. The number of aliphatic carboxylic acids is 1. The Kier molecular flexibility index (Phi) is 10.8. The molecule has 0 aliphatic carbocycles. The molecule has 43 heavy (non-hydrogen) atoms. The molecule has 3 saturated heterocycles. The van der Waals surface area contributed by atoms with E-state index < -0.39 is 18.6 Å². The van der Waals surface area contributed by atoms with E-state index in [1.54, 1.807) is 7.11 Å². The monoisotopic (exact) mass is 618 g/mol. The third-order valence-electron chi connectivity index (χ3n) is 8.29. The van der Waals surface area contributed by atoms with E-state index in [0.717, 1.165) is 65.2 Å². The summed E-state index contributed by atoms with van der Waals surface area (Å²) >= 11 is 0. The van der Waals surface area contributed by atoms with E-state index >= 15 is 0 Å². The summed E-state index contributed by atoms with van der Waals surface area (Å²) in [6.45, 7) is 12.0. The van der Waals surface area contributed by atoms with Crippen LogP contribution in [-0.2, 0) is 16.1 Å². The van der Waals surface area contributed by atoms with Crippen molar-refractivity contribution in [2.75, 3.05) is 69.3 Å². The number of hydrogen-bond acceptors (Lipinski definition) is 9. The summed E-state index contributed by atoms with van der Waals surface area (Å²) in [5, 5.41) is 15.1. The van der Waals surface area contributed by atoms with Gasteiger partial charge in [-0.2, -0.15) is 18.3 Å². The molecule has 0 unspecified atom stereocenters. The molecule has 0 amide bonds. The SMILES string of the molecule is COCCn1ncc(C)c1C1CCN(c2cc(N3C[C@@H](N4CCNCC4)[C@H]3C)nc(C(F)F)n2)CC1.O=C(O)C(F)(F)F. The molecule has 3 aliphatic heterocycles. The number of piperazine rings is 1. The van der Waals surface area contributed by atoms with Gasteiger partial charge in [0.05, 0.1) is 19.3 Å². The molecule has 11 nitrogen and oxygen atoms in total. The van der Waals surface area contributed by atoms with Crippen LogP contribution in [0.3, 0.4) is 0 Å². The van der Waals surface area contributed by atoms with Crippen molar-refractivity contribution in [3.63, 3.8) is 0 Å². The minimum absolute atomic E-state index is 0.234. The van der Waals surface area contributed by atoms with Gasteiger partial charge < -0.3 is 25.0 Å². The summed E-state index contributed by atoms with van der Waals surface area (Å²) in [5.41, 5.74) is 2.45. The van der Waals surface area contributed by atoms with Crippen LogP contribution in [0.15, 0.2) is 12.3 Å². The maximum absolute atomic E-state index is 13.8. The predicted octanol–water partition coefficient (Wildman–Crippen LogP) is 3.07. The van der Waals surface area contributed by atoms with Crippen LogP contribution in [0, 0.1) is 6.92 Å². The minimum Gasteiger partial charge on any atom is -0.475 e. The minimum atomic E-state index is -5.08. The normalized spacial score (nSPS) is 21.9. The topological polar surface area (TPSA) is 112 Å². The largest absolute Gasteiger partial charge is 0.490 e. The Morgan fingerprint density at radius 2 is 1.77 bits per heavy atom. The zero-order valence-corrected chi connectivity index (χ0v) is 24.5. The predicted molar refractivity (Wildman–Crippen MR) is 149 cm³/mol. The lowest BCUT2D eigenvalue weighted by Gasteiger charge is -2.53. The number of rotatable bonds is 8. The van der Waals surface area contributed by atoms with Crippen molar-refractivity contribution in [3.8, 4) is 0 Å². The van der Waals surface area contributed by atoms with Crippen molar-refractivity contribution >= 4 is 17.6 Å². The smallest absolute Gasteiger partial charge is 0.475 e. The molecular weight excluding hydrogens is 579 g/mol. The molecule has 5 rings (SSSR count). The lowest BCUT2D eigenvalue weighted by atomic mass is 9.91. The zero-order chi connectivity index (χ0) is 31.3. The van der Waals surface area contributed by atoms with E-state index in [2.05, 4.69) is 53.6 Å². The van der Waals surface area contributed by atoms with E-state index in [9.17, 15) is 22.0 Å². The first kappa shape index (κ1) is 32.8. The molecule has 0 bridgehead atoms. The number of ether oxygens (including phenoxy) is 1. The average molecular weight is 619 g/mol. The number of nitrogens with one attached hydrogen (secondary N) is 1. The van der Waals surface area contributed by atoms with Crippen LogP contribution < -0.4 is 15.1 Å². The molecule has 5 heterocycles. The van der Waals surface area contributed by atoms with Gasteiger partial charge in [0.25, 0.3) is 6.43 Å². The number of alkyl halides is 5. The summed E-state index contributed by atoms with van der Waals surface area (Å²) in [4.78, 5) is 24.2. The highest BCUT2D eigenvalue weighted by Crippen LogP contribution is 2.35. The van der Waals surface area contributed by atoms with E-state index in [4.69, 9.17) is 14.6 Å². The van der Waals surface area contributed by atoms with Gasteiger partial charge in [-0.1, -0.05) is 0 Å². The number of aryl methyl sites for hydroxylation is 1. The molecule has 2 atom stereocenters. The van der Waals surface area contributed by atoms with Gasteiger partial charge in [-0.25, -0.2) is 23.5 Å². The van der Waals surface area contributed by atoms with Crippen molar-refractivity contribution in [1.82, 2.24) is 30.0 Å². The summed E-state index contributed by atoms with van der Waals surface area (Å²) in [6, 6.07) is 2.57. The average Bonchev–Trinajstić information content (AvgIpc) is 3.35. The highest BCUT2D eigenvalue weighted by molar-refractivity contribution is 5.73. The summed E-state index contributed by atoms with van der Waals surface area (Å²) in [7, 11) is 1.70. The Labute approximate surface area is 247 Å². The van der Waals surface area contributed by atoms with E-state index in [0.29, 0.717) is 30.2 Å². The molecule has 3 fully saturated rings. The summed E-state index contributed by atoms with van der Waals surface area (Å²) in [6.07, 6.45) is -4.01. The van der Waals surface area contributed by atoms with E-state index in [1.165, 1.54) is 11.3 Å². The number of methoxy groups -OCH3 is 1. The number of carboxylic acid groups (broad SMARTS) is 1. The van der Waals surface area contributed by atoms with Gasteiger partial charge in [-0.05, 0) is 32.3 Å². The standard InChI is InChI=1S/C25H38F2N8O.C2HF3O2/c1-17-15-29-35(12-13-36-3)23(17)19-4-8-33(9-5-19)21-14-22(31-25(30-21)24(26)27)34-16-20(18(34)2)32-10-6-28-7-11-32;3-2(4,5)1(6)7/h14-15,18-20,24,28H,4-13,16H2,1-3H3;(H,6,7)/t18-,20-;/m1./s1. The second-order valence-electron chi connectivity index (χ2n) is 11.0. The third kappa shape index (κ3) is 7.89. The highest BCUT2D eigenvalue weighted by atomic mass is 19.4. The second kappa shape index (κ2) is 14.1. The Balaban J connectivity index is 0.000000541. The number of piperidine rings is 1. The van der Waals surface area contributed by atoms with Gasteiger partial charge >= 0.3 is 12.1 Å². The maximum atomic E-state index is 13.8. The van der Waals surface area contributed by atoms with E-state index in [1.807, 2.05) is 12.3 Å². The Morgan fingerprint density at radius 1 is 1.14 bits per heavy atom. The van der Waals surface area contributed by atoms with Gasteiger partial charge in [0.15, 0.2) is 5.82 Å². The molecule has 0 aromatic carbocycles. The number of hydrogen-bond donors (Lipinski definition) is 2. The van der Waals surface area contributed by atoms with Crippen molar-refractivity contribution in [3.05, 3.63) is 29.3 Å². The lowest BCUT2D eigenvalue weighted by Crippen LogP contribution is -2.68. The number of anilines is 2. The number of halogens is 5. The number of aromatic nitrogens is 4. The lowest BCUT2D eigenvalue weighted by molar-refractivity contribution is -0.192. The van der Waals surface area contributed by atoms with Crippen LogP contribution >= 0.6 is 0 Å². The van der Waals surface area contributed by atoms with Gasteiger partial charge in [0, 0.05) is 82.7 Å². The van der Waals surface area contributed by atoms with Gasteiger partial charge in [-0.3, -0.25) is 9.58 Å². The van der Waals surface area contributed by atoms with E-state index in [-0.39, 0.29) is 11.9 Å². The molecule has 16 heteroatoms. The van der Waals surface area contributed by atoms with Gasteiger partial charge in [-0.15, -0.1) is 0 Å². The van der Waals surface area contributed by atoms with Crippen LogP contribution in [0.4, 0.5) is 33.6 Å². The fourth-order valence-electron chi connectivity index (χ4n) is 5.93. The third-order valence-corrected chi connectivity index (χ3v) is 8.29. The first-order chi connectivity index (χ1) is 20.4. The van der Waals surface area contributed by atoms with Crippen molar-refractivity contribution in [1.29, 1.82) is 0 Å². The molecule has 240 valence electrons. The van der Waals surface area contributed by atoms with Crippen molar-refractivity contribution in [2.45, 2.75) is 63.8 Å². The van der Waals surface area contributed by atoms with Crippen molar-refractivity contribution < 1.29 is 36.6 Å². The zero-order valence-electron chi connectivity index (χ0n) is 24.5. The first-order valence-corrected chi connectivity index (χ1v) is 14.4. The quantitative estimate of drug-likeness (QED) is 0.429. The molecule has 3 aliphatic rings. The van der Waals surface area contributed by atoms with Crippen LogP contribution in [0.5, 0.6) is 0 Å². The number of carboxylic acids is 1. The first-order valence-electron chi connectivity index (χ1n) is 14.4. The van der Waals surface area contributed by atoms with Crippen LogP contribution in [0.25, 0.3) is 0 Å². The summed E-state index contributed by atoms with van der Waals surface area (Å²) < 4.78 is 66.6. The molecule has 2 aromatic heterocycles. The van der Waals surface area contributed by atoms with Gasteiger partial charge in [0.1, 0.15) is 11.6 Å².